The van der Waals surface area contributed by atoms with Gasteiger partial charge in [-0.1, -0.05) is 29.4 Å². The Hall–Kier alpha value is -3.02. The number of amides is 1. The molecule has 110 valence electrons. The fourth-order valence-electron chi connectivity index (χ4n) is 2.19. The van der Waals surface area contributed by atoms with Crippen LogP contribution in [0, 0.1) is 5.82 Å². The molecule has 0 saturated heterocycles. The largest absolute Gasteiger partial charge is 0.365 e. The smallest absolute Gasteiger partial charge is 0.312 e. The molecule has 2 aromatic rings. The predicted molar refractivity (Wildman–Crippen MR) is 78.2 cm³/mol. The molecule has 1 amide bonds. The first-order valence-corrected chi connectivity index (χ1v) is 6.50. The van der Waals surface area contributed by atoms with Gasteiger partial charge in [-0.05, 0) is 24.3 Å². The standard InChI is InChI=1S/C16H11FN2O3/c1-19-13-8-3-2-7-12(13)14(15(19)20)18-22-16(21)10-5-4-6-11(17)9-10/h2-9H,1H3. The summed E-state index contributed by atoms with van der Waals surface area (Å²) >= 11 is 0. The van der Waals surface area contributed by atoms with Gasteiger partial charge in [-0.2, -0.15) is 0 Å². The summed E-state index contributed by atoms with van der Waals surface area (Å²) in [5, 5.41) is 3.66. The topological polar surface area (TPSA) is 59.0 Å². The second kappa shape index (κ2) is 5.40. The molecule has 22 heavy (non-hydrogen) atoms. The van der Waals surface area contributed by atoms with Gasteiger partial charge in [0.05, 0.1) is 11.3 Å². The van der Waals surface area contributed by atoms with Crippen LogP contribution in [0.15, 0.2) is 53.7 Å². The second-order valence-corrected chi connectivity index (χ2v) is 4.71. The number of hydrogen-bond donors (Lipinski definition) is 0. The minimum absolute atomic E-state index is 0.0245. The molecule has 6 heteroatoms. The van der Waals surface area contributed by atoms with E-state index in [1.54, 1.807) is 31.3 Å². The minimum Gasteiger partial charge on any atom is -0.312 e. The van der Waals surface area contributed by atoms with E-state index >= 15 is 0 Å². The zero-order chi connectivity index (χ0) is 15.7. The molecule has 0 fully saturated rings. The summed E-state index contributed by atoms with van der Waals surface area (Å²) in [7, 11) is 1.61. The van der Waals surface area contributed by atoms with E-state index in [1.807, 2.05) is 0 Å². The number of benzene rings is 2. The Bertz CT molecular complexity index is 801. The van der Waals surface area contributed by atoms with Gasteiger partial charge in [0.1, 0.15) is 5.82 Å². The SMILES string of the molecule is CN1C(=O)C(=NOC(=O)c2cccc(F)c2)c2ccccc21. The van der Waals surface area contributed by atoms with E-state index in [4.69, 9.17) is 4.84 Å². The lowest BCUT2D eigenvalue weighted by Gasteiger charge is -2.07. The lowest BCUT2D eigenvalue weighted by molar-refractivity contribution is -0.112. The summed E-state index contributed by atoms with van der Waals surface area (Å²) in [4.78, 5) is 30.1. The lowest BCUT2D eigenvalue weighted by Crippen LogP contribution is -2.25. The highest BCUT2D eigenvalue weighted by Gasteiger charge is 2.32. The molecular weight excluding hydrogens is 287 g/mol. The van der Waals surface area contributed by atoms with Crippen LogP contribution < -0.4 is 4.90 Å². The number of halogens is 1. The third kappa shape index (κ3) is 2.35. The first kappa shape index (κ1) is 13.9. The van der Waals surface area contributed by atoms with Crippen molar-refractivity contribution in [3.05, 3.63) is 65.5 Å². The van der Waals surface area contributed by atoms with Crippen molar-refractivity contribution in [3.8, 4) is 0 Å². The third-order valence-electron chi connectivity index (χ3n) is 3.31. The molecule has 0 bridgehead atoms. The van der Waals surface area contributed by atoms with E-state index in [2.05, 4.69) is 5.16 Å². The molecule has 1 aliphatic rings. The average Bonchev–Trinajstić information content (AvgIpc) is 2.77. The van der Waals surface area contributed by atoms with Gasteiger partial charge in [0.2, 0.25) is 0 Å². The molecule has 1 aliphatic heterocycles. The highest BCUT2D eigenvalue weighted by molar-refractivity contribution is 6.54. The van der Waals surface area contributed by atoms with Crippen LogP contribution in [0.3, 0.4) is 0 Å². The van der Waals surface area contributed by atoms with Crippen LogP contribution in [0.25, 0.3) is 0 Å². The predicted octanol–water partition coefficient (Wildman–Crippen LogP) is 2.36. The molecule has 3 rings (SSSR count). The molecule has 0 spiro atoms. The number of rotatable bonds is 2. The van der Waals surface area contributed by atoms with Gasteiger partial charge in [0.25, 0.3) is 5.91 Å². The first-order chi connectivity index (χ1) is 10.6. The van der Waals surface area contributed by atoms with Crippen molar-refractivity contribution in [1.82, 2.24) is 0 Å². The van der Waals surface area contributed by atoms with E-state index in [1.165, 1.54) is 23.1 Å². The summed E-state index contributed by atoms with van der Waals surface area (Å²) < 4.78 is 13.1. The van der Waals surface area contributed by atoms with Gasteiger partial charge in [-0.25, -0.2) is 9.18 Å². The highest BCUT2D eigenvalue weighted by Crippen LogP contribution is 2.27. The zero-order valence-electron chi connectivity index (χ0n) is 11.6. The Morgan fingerprint density at radius 2 is 1.95 bits per heavy atom. The first-order valence-electron chi connectivity index (χ1n) is 6.50. The number of oxime groups is 1. The molecule has 1 heterocycles. The van der Waals surface area contributed by atoms with Crippen LogP contribution in [0.5, 0.6) is 0 Å². The van der Waals surface area contributed by atoms with Crippen LogP contribution in [0.2, 0.25) is 0 Å². The maximum atomic E-state index is 13.1. The van der Waals surface area contributed by atoms with E-state index in [0.29, 0.717) is 11.3 Å². The summed E-state index contributed by atoms with van der Waals surface area (Å²) in [6, 6.07) is 12.1. The summed E-state index contributed by atoms with van der Waals surface area (Å²) in [6.45, 7) is 0. The number of likely N-dealkylation sites (N-methyl/N-ethyl adjacent to an activating group) is 1. The number of fused-ring (bicyclic) bond motifs is 1. The number of nitrogens with zero attached hydrogens (tertiary/aromatic N) is 2. The third-order valence-corrected chi connectivity index (χ3v) is 3.31. The summed E-state index contributed by atoms with van der Waals surface area (Å²) in [6.07, 6.45) is 0. The van der Waals surface area contributed by atoms with Crippen LogP contribution >= 0.6 is 0 Å². The number of carbonyl (C=O) groups excluding carboxylic acids is 2. The Balaban J connectivity index is 1.87. The van der Waals surface area contributed by atoms with Crippen molar-refractivity contribution in [2.75, 3.05) is 11.9 Å². The number of hydrogen-bond acceptors (Lipinski definition) is 4. The van der Waals surface area contributed by atoms with Crippen molar-refractivity contribution in [2.24, 2.45) is 5.16 Å². The van der Waals surface area contributed by atoms with E-state index in [9.17, 15) is 14.0 Å². The minimum atomic E-state index is -0.827. The molecule has 0 unspecified atom stereocenters. The maximum absolute atomic E-state index is 13.1. The van der Waals surface area contributed by atoms with Gasteiger partial charge in [-0.15, -0.1) is 0 Å². The fraction of sp³-hybridized carbons (Fsp3) is 0.0625. The molecule has 0 atom stereocenters. The Morgan fingerprint density at radius 1 is 1.18 bits per heavy atom. The number of para-hydroxylation sites is 1. The van der Waals surface area contributed by atoms with Gasteiger partial charge in [0, 0.05) is 12.6 Å². The van der Waals surface area contributed by atoms with Crippen molar-refractivity contribution in [1.29, 1.82) is 0 Å². The van der Waals surface area contributed by atoms with Gasteiger partial charge < -0.3 is 9.74 Å². The van der Waals surface area contributed by atoms with Crippen LogP contribution in [0.4, 0.5) is 10.1 Å². The molecule has 5 nitrogen and oxygen atoms in total. The quantitative estimate of drug-likeness (QED) is 0.631. The summed E-state index contributed by atoms with van der Waals surface area (Å²) in [5.41, 5.74) is 1.34. The van der Waals surface area contributed by atoms with Crippen molar-refractivity contribution < 1.29 is 18.8 Å². The van der Waals surface area contributed by atoms with Gasteiger partial charge in [0.15, 0.2) is 5.71 Å². The number of anilines is 1. The maximum Gasteiger partial charge on any atom is 0.365 e. The Labute approximate surface area is 125 Å². The monoisotopic (exact) mass is 298 g/mol. The average molecular weight is 298 g/mol. The van der Waals surface area contributed by atoms with Crippen LogP contribution in [0.1, 0.15) is 15.9 Å². The molecule has 2 aromatic carbocycles. The number of carbonyl (C=O) groups is 2. The molecule has 0 N–H and O–H groups in total. The summed E-state index contributed by atoms with van der Waals surface area (Å²) in [5.74, 6) is -1.75. The van der Waals surface area contributed by atoms with Gasteiger partial charge in [-0.3, -0.25) is 4.79 Å². The fourth-order valence-corrected chi connectivity index (χ4v) is 2.19. The van der Waals surface area contributed by atoms with Crippen molar-refractivity contribution in [2.45, 2.75) is 0 Å². The van der Waals surface area contributed by atoms with E-state index < -0.39 is 11.8 Å². The van der Waals surface area contributed by atoms with E-state index in [-0.39, 0.29) is 17.2 Å². The zero-order valence-corrected chi connectivity index (χ0v) is 11.6. The Morgan fingerprint density at radius 3 is 2.73 bits per heavy atom. The lowest BCUT2D eigenvalue weighted by atomic mass is 10.1. The normalized spacial score (nSPS) is 15.1. The Kier molecular flexibility index (Phi) is 3.42. The second-order valence-electron chi connectivity index (χ2n) is 4.71. The van der Waals surface area contributed by atoms with Crippen molar-refractivity contribution >= 4 is 23.3 Å². The molecule has 0 aromatic heterocycles. The van der Waals surface area contributed by atoms with Crippen LogP contribution in [-0.2, 0) is 9.63 Å². The van der Waals surface area contributed by atoms with E-state index in [0.717, 1.165) is 6.07 Å². The molecular formula is C16H11FN2O3. The molecule has 0 saturated carbocycles. The van der Waals surface area contributed by atoms with Crippen molar-refractivity contribution in [3.63, 3.8) is 0 Å². The molecule has 0 radical (unpaired) electrons. The molecule has 0 aliphatic carbocycles. The van der Waals surface area contributed by atoms with Crippen LogP contribution in [-0.4, -0.2) is 24.6 Å². The van der Waals surface area contributed by atoms with Gasteiger partial charge >= 0.3 is 5.97 Å². The highest BCUT2D eigenvalue weighted by atomic mass is 19.1.